The summed E-state index contributed by atoms with van der Waals surface area (Å²) in [4.78, 5) is 13.1. The second kappa shape index (κ2) is 9.06. The fourth-order valence-electron chi connectivity index (χ4n) is 4.80. The maximum atomic E-state index is 13.1. The van der Waals surface area contributed by atoms with Gasteiger partial charge in [0.2, 0.25) is 5.91 Å². The first-order chi connectivity index (χ1) is 14.9. The Morgan fingerprint density at radius 2 is 1.84 bits per heavy atom. The van der Waals surface area contributed by atoms with Gasteiger partial charge in [0.15, 0.2) is 0 Å². The zero-order valence-corrected chi connectivity index (χ0v) is 18.4. The molecule has 31 heavy (non-hydrogen) atoms. The molecular formula is C26H31N3O2. The first-order valence-corrected chi connectivity index (χ1v) is 11.0. The van der Waals surface area contributed by atoms with Crippen molar-refractivity contribution in [2.75, 3.05) is 11.9 Å². The second-order valence-corrected chi connectivity index (χ2v) is 9.32. The normalized spacial score (nSPS) is 20.3. The second-order valence-electron chi connectivity index (χ2n) is 9.32. The van der Waals surface area contributed by atoms with Crippen molar-refractivity contribution in [1.82, 2.24) is 9.78 Å². The third kappa shape index (κ3) is 5.82. The zero-order valence-electron chi connectivity index (χ0n) is 18.4. The molecule has 5 nitrogen and oxygen atoms in total. The number of hydrogen-bond donors (Lipinski definition) is 1. The van der Waals surface area contributed by atoms with Gasteiger partial charge in [0.25, 0.3) is 0 Å². The van der Waals surface area contributed by atoms with E-state index in [1.54, 1.807) is 6.20 Å². The van der Waals surface area contributed by atoms with Crippen LogP contribution in [0.1, 0.15) is 44.2 Å². The van der Waals surface area contributed by atoms with Crippen molar-refractivity contribution < 1.29 is 9.53 Å². The predicted molar refractivity (Wildman–Crippen MR) is 123 cm³/mol. The Labute approximate surface area is 184 Å². The number of hydrogen-bond acceptors (Lipinski definition) is 3. The van der Waals surface area contributed by atoms with Crippen molar-refractivity contribution in [1.29, 1.82) is 0 Å². The largest absolute Gasteiger partial charge is 0.376 e. The lowest BCUT2D eigenvalue weighted by atomic mass is 9.68. The van der Waals surface area contributed by atoms with Gasteiger partial charge in [0, 0.05) is 31.1 Å². The Morgan fingerprint density at radius 1 is 1.06 bits per heavy atom. The number of carbonyl (C=O) groups excluding carboxylic acids is 1. The number of carbonyl (C=O) groups is 1. The molecular weight excluding hydrogens is 386 g/mol. The van der Waals surface area contributed by atoms with E-state index in [-0.39, 0.29) is 16.9 Å². The lowest BCUT2D eigenvalue weighted by Crippen LogP contribution is -2.44. The molecule has 1 aliphatic heterocycles. The molecule has 0 saturated carbocycles. The Hall–Kier alpha value is -2.92. The van der Waals surface area contributed by atoms with Crippen LogP contribution in [0, 0.1) is 5.41 Å². The van der Waals surface area contributed by atoms with Crippen LogP contribution in [-0.4, -0.2) is 27.9 Å². The molecule has 0 spiro atoms. The molecule has 3 aromatic rings. The summed E-state index contributed by atoms with van der Waals surface area (Å²) < 4.78 is 7.86. The summed E-state index contributed by atoms with van der Waals surface area (Å²) in [5, 5.41) is 7.35. The molecule has 4 rings (SSSR count). The van der Waals surface area contributed by atoms with Gasteiger partial charge in [-0.3, -0.25) is 9.48 Å². The van der Waals surface area contributed by atoms with E-state index in [9.17, 15) is 4.79 Å². The highest BCUT2D eigenvalue weighted by Crippen LogP contribution is 2.44. The summed E-state index contributed by atoms with van der Waals surface area (Å²) >= 11 is 0. The number of benzene rings is 2. The highest BCUT2D eigenvalue weighted by molar-refractivity contribution is 5.91. The quantitative estimate of drug-likeness (QED) is 0.583. The highest BCUT2D eigenvalue weighted by atomic mass is 16.5. The molecule has 0 radical (unpaired) electrons. The van der Waals surface area contributed by atoms with Crippen LogP contribution >= 0.6 is 0 Å². The van der Waals surface area contributed by atoms with Crippen molar-refractivity contribution >= 4 is 11.6 Å². The van der Waals surface area contributed by atoms with Gasteiger partial charge < -0.3 is 10.1 Å². The van der Waals surface area contributed by atoms with Crippen LogP contribution in [0.4, 0.5) is 5.69 Å². The lowest BCUT2D eigenvalue weighted by molar-refractivity contribution is -0.129. The molecule has 0 aliphatic carbocycles. The van der Waals surface area contributed by atoms with Gasteiger partial charge in [0.05, 0.1) is 12.1 Å². The monoisotopic (exact) mass is 417 g/mol. The lowest BCUT2D eigenvalue weighted by Gasteiger charge is -2.45. The molecule has 2 heterocycles. The molecule has 1 aliphatic rings. The zero-order chi connectivity index (χ0) is 21.7. The summed E-state index contributed by atoms with van der Waals surface area (Å²) in [5.74, 6) is 0.0634. The van der Waals surface area contributed by atoms with E-state index in [2.05, 4.69) is 48.5 Å². The number of rotatable bonds is 7. The fraction of sp³-hybridized carbons (Fsp3) is 0.385. The molecule has 1 amide bonds. The summed E-state index contributed by atoms with van der Waals surface area (Å²) in [5.41, 5.74) is 2.93. The molecule has 1 unspecified atom stereocenters. The van der Waals surface area contributed by atoms with E-state index >= 15 is 0 Å². The Kier molecular flexibility index (Phi) is 6.23. The van der Waals surface area contributed by atoms with Crippen molar-refractivity contribution in [3.63, 3.8) is 0 Å². The SMILES string of the molecule is CC1(C)CC(CC(=O)Nc2ccc(Cn3cccn3)cc2)(Cc2ccccc2)CCO1. The minimum atomic E-state index is -0.221. The van der Waals surface area contributed by atoms with Gasteiger partial charge in [-0.25, -0.2) is 0 Å². The molecule has 0 bridgehead atoms. The topological polar surface area (TPSA) is 56.2 Å². The number of amides is 1. The Balaban J connectivity index is 1.43. The van der Waals surface area contributed by atoms with E-state index in [0.717, 1.165) is 37.1 Å². The molecule has 2 aromatic carbocycles. The predicted octanol–water partition coefficient (Wildman–Crippen LogP) is 5.08. The smallest absolute Gasteiger partial charge is 0.224 e. The van der Waals surface area contributed by atoms with E-state index in [4.69, 9.17) is 4.74 Å². The number of nitrogens with one attached hydrogen (secondary N) is 1. The van der Waals surface area contributed by atoms with Crippen LogP contribution in [0.25, 0.3) is 0 Å². The third-order valence-corrected chi connectivity index (χ3v) is 6.02. The van der Waals surface area contributed by atoms with Crippen molar-refractivity contribution in [3.8, 4) is 0 Å². The van der Waals surface area contributed by atoms with Gasteiger partial charge >= 0.3 is 0 Å². The summed E-state index contributed by atoms with van der Waals surface area (Å²) in [6, 6.07) is 20.4. The summed E-state index contributed by atoms with van der Waals surface area (Å²) in [6.45, 7) is 5.66. The summed E-state index contributed by atoms with van der Waals surface area (Å²) in [7, 11) is 0. The molecule has 1 fully saturated rings. The molecule has 1 N–H and O–H groups in total. The molecule has 162 valence electrons. The number of aromatic nitrogens is 2. The van der Waals surface area contributed by atoms with Crippen LogP contribution in [0.2, 0.25) is 0 Å². The average molecular weight is 418 g/mol. The van der Waals surface area contributed by atoms with Crippen LogP contribution in [0.15, 0.2) is 73.1 Å². The number of anilines is 1. The van der Waals surface area contributed by atoms with Crippen molar-refractivity contribution in [3.05, 3.63) is 84.2 Å². The van der Waals surface area contributed by atoms with E-state index in [1.165, 1.54) is 5.56 Å². The molecule has 1 saturated heterocycles. The highest BCUT2D eigenvalue weighted by Gasteiger charge is 2.42. The van der Waals surface area contributed by atoms with Crippen molar-refractivity contribution in [2.45, 2.75) is 51.7 Å². The van der Waals surface area contributed by atoms with Crippen LogP contribution in [-0.2, 0) is 22.5 Å². The minimum Gasteiger partial charge on any atom is -0.376 e. The standard InChI is InChI=1S/C26H31N3O2/c1-25(2)20-26(13-16-31-25,17-21-7-4-3-5-8-21)18-24(30)28-23-11-9-22(10-12-23)19-29-15-6-14-27-29/h3-12,14-15H,13,16-20H2,1-2H3,(H,28,30). The Morgan fingerprint density at radius 3 is 2.52 bits per heavy atom. The number of ether oxygens (including phenoxy) is 1. The maximum absolute atomic E-state index is 13.1. The summed E-state index contributed by atoms with van der Waals surface area (Å²) in [6.07, 6.45) is 6.85. The Bertz CT molecular complexity index is 981. The average Bonchev–Trinajstić information content (AvgIpc) is 3.22. The van der Waals surface area contributed by atoms with E-state index in [0.29, 0.717) is 13.0 Å². The van der Waals surface area contributed by atoms with E-state index < -0.39 is 0 Å². The van der Waals surface area contributed by atoms with Crippen molar-refractivity contribution in [2.24, 2.45) is 5.41 Å². The number of nitrogens with zero attached hydrogens (tertiary/aromatic N) is 2. The fourth-order valence-corrected chi connectivity index (χ4v) is 4.80. The molecule has 1 aromatic heterocycles. The third-order valence-electron chi connectivity index (χ3n) is 6.02. The van der Waals surface area contributed by atoms with Gasteiger partial charge in [-0.1, -0.05) is 42.5 Å². The van der Waals surface area contributed by atoms with Gasteiger partial charge in [-0.15, -0.1) is 0 Å². The van der Waals surface area contributed by atoms with Gasteiger partial charge in [-0.2, -0.15) is 5.10 Å². The van der Waals surface area contributed by atoms with Gasteiger partial charge in [0.1, 0.15) is 0 Å². The van der Waals surface area contributed by atoms with Gasteiger partial charge in [-0.05, 0) is 67.9 Å². The molecule has 1 atom stereocenters. The maximum Gasteiger partial charge on any atom is 0.224 e. The first-order valence-electron chi connectivity index (χ1n) is 11.0. The van der Waals surface area contributed by atoms with Crippen LogP contribution in [0.3, 0.4) is 0 Å². The minimum absolute atomic E-state index is 0.0634. The molecule has 5 heteroatoms. The first kappa shape index (κ1) is 21.3. The van der Waals surface area contributed by atoms with Crippen LogP contribution < -0.4 is 5.32 Å². The van der Waals surface area contributed by atoms with E-state index in [1.807, 2.05) is 47.3 Å². The van der Waals surface area contributed by atoms with Crippen LogP contribution in [0.5, 0.6) is 0 Å².